The maximum Gasteiger partial charge on any atom is 0.251 e. The van der Waals surface area contributed by atoms with Crippen molar-refractivity contribution in [2.75, 3.05) is 6.54 Å². The molecule has 0 saturated carbocycles. The molecule has 0 saturated heterocycles. The highest BCUT2D eigenvalue weighted by atomic mass is 16.1. The number of aryl methyl sites for hydroxylation is 1. The van der Waals surface area contributed by atoms with Crippen LogP contribution in [0.2, 0.25) is 0 Å². The topological polar surface area (TPSA) is 74.8 Å². The molecule has 1 aliphatic rings. The molecule has 30 heavy (non-hydrogen) atoms. The number of nitrogens with zero attached hydrogens (tertiary/aromatic N) is 4. The van der Waals surface area contributed by atoms with Crippen molar-refractivity contribution in [2.24, 2.45) is 0 Å². The zero-order valence-electron chi connectivity index (χ0n) is 17.6. The minimum Gasteiger partial charge on any atom is -0.367 e. The quantitative estimate of drug-likeness (QED) is 0.674. The van der Waals surface area contributed by atoms with Crippen molar-refractivity contribution in [3.63, 3.8) is 0 Å². The van der Waals surface area contributed by atoms with Gasteiger partial charge in [-0.1, -0.05) is 12.6 Å². The van der Waals surface area contributed by atoms with Gasteiger partial charge in [-0.2, -0.15) is 0 Å². The Labute approximate surface area is 176 Å². The van der Waals surface area contributed by atoms with Crippen LogP contribution in [0.25, 0.3) is 16.7 Å². The van der Waals surface area contributed by atoms with Gasteiger partial charge < -0.3 is 9.88 Å². The van der Waals surface area contributed by atoms with Gasteiger partial charge >= 0.3 is 0 Å². The number of H-pyrrole nitrogens is 1. The van der Waals surface area contributed by atoms with E-state index in [9.17, 15) is 4.79 Å². The molecule has 0 fully saturated rings. The second-order valence-electron chi connectivity index (χ2n) is 7.62. The first-order valence-electron chi connectivity index (χ1n) is 10.0. The smallest absolute Gasteiger partial charge is 0.251 e. The minimum absolute atomic E-state index is 0.158. The molecular formula is C24H25N5O. The number of fused-ring (bicyclic) bond motifs is 1. The molecule has 3 aromatic rings. The summed E-state index contributed by atoms with van der Waals surface area (Å²) in [6, 6.07) is 7.66. The lowest BCUT2D eigenvalue weighted by Gasteiger charge is -2.32. The standard InChI is InChI=1S/C24H25N5O/c1-15(16(2)24-26-10-7-23(30)28-24)18(4)29-11-8-22-20(14-29)12-19(13-27-22)21-6-5-9-25-17(21)3/h5-7,9-10,12-13H,4,8,11,14H2,1-3H3,(H,26,28,30)/b16-15-. The monoisotopic (exact) mass is 399 g/mol. The molecule has 4 rings (SSSR count). The predicted octanol–water partition coefficient (Wildman–Crippen LogP) is 3.90. The molecule has 1 N–H and O–H groups in total. The third-order valence-electron chi connectivity index (χ3n) is 5.76. The first-order valence-corrected chi connectivity index (χ1v) is 10.0. The molecule has 3 aromatic heterocycles. The summed E-state index contributed by atoms with van der Waals surface area (Å²) in [4.78, 5) is 30.1. The van der Waals surface area contributed by atoms with E-state index in [1.807, 2.05) is 39.2 Å². The Kier molecular flexibility index (Phi) is 5.31. The zero-order chi connectivity index (χ0) is 21.3. The Morgan fingerprint density at radius 2 is 2.00 bits per heavy atom. The van der Waals surface area contributed by atoms with Crippen molar-refractivity contribution in [1.82, 2.24) is 24.8 Å². The number of allylic oxidation sites excluding steroid dienone is 2. The third-order valence-corrected chi connectivity index (χ3v) is 5.76. The molecule has 6 nitrogen and oxygen atoms in total. The van der Waals surface area contributed by atoms with Gasteiger partial charge in [-0.05, 0) is 49.6 Å². The van der Waals surface area contributed by atoms with Crippen LogP contribution < -0.4 is 5.56 Å². The SMILES string of the molecule is C=C(/C(C)=C(/C)c1nccc(=O)[nH]1)N1CCc2ncc(-c3cccnc3C)cc2C1. The first kappa shape index (κ1) is 19.8. The summed E-state index contributed by atoms with van der Waals surface area (Å²) in [5, 5.41) is 0. The Hall–Kier alpha value is -3.54. The van der Waals surface area contributed by atoms with Crippen molar-refractivity contribution >= 4 is 5.57 Å². The van der Waals surface area contributed by atoms with Gasteiger partial charge in [0, 0.05) is 72.4 Å². The lowest BCUT2D eigenvalue weighted by Crippen LogP contribution is -2.30. The number of nitrogens with one attached hydrogen (secondary N) is 1. The summed E-state index contributed by atoms with van der Waals surface area (Å²) in [6.45, 7) is 11.9. The van der Waals surface area contributed by atoms with Gasteiger partial charge in [0.1, 0.15) is 5.82 Å². The van der Waals surface area contributed by atoms with Gasteiger partial charge in [0.2, 0.25) is 0 Å². The number of pyridine rings is 2. The van der Waals surface area contributed by atoms with E-state index in [-0.39, 0.29) is 5.56 Å². The van der Waals surface area contributed by atoms with Gasteiger partial charge in [0.25, 0.3) is 5.56 Å². The van der Waals surface area contributed by atoms with Crippen molar-refractivity contribution in [3.8, 4) is 11.1 Å². The number of hydrogen-bond acceptors (Lipinski definition) is 5. The van der Waals surface area contributed by atoms with Crippen LogP contribution in [0.4, 0.5) is 0 Å². The highest BCUT2D eigenvalue weighted by Crippen LogP contribution is 2.29. The molecule has 0 aliphatic carbocycles. The van der Waals surface area contributed by atoms with Crippen molar-refractivity contribution < 1.29 is 0 Å². The van der Waals surface area contributed by atoms with Gasteiger partial charge in [0.15, 0.2) is 0 Å². The highest BCUT2D eigenvalue weighted by Gasteiger charge is 2.21. The van der Waals surface area contributed by atoms with Crippen LogP contribution in [-0.2, 0) is 13.0 Å². The van der Waals surface area contributed by atoms with Crippen molar-refractivity contribution in [2.45, 2.75) is 33.7 Å². The fourth-order valence-electron chi connectivity index (χ4n) is 3.79. The molecule has 6 heteroatoms. The summed E-state index contributed by atoms with van der Waals surface area (Å²) in [5.74, 6) is 0.578. The van der Waals surface area contributed by atoms with E-state index in [0.717, 1.165) is 58.9 Å². The van der Waals surface area contributed by atoms with Crippen LogP contribution in [0.15, 0.2) is 65.5 Å². The van der Waals surface area contributed by atoms with E-state index >= 15 is 0 Å². The number of hydrogen-bond donors (Lipinski definition) is 1. The molecule has 0 radical (unpaired) electrons. The zero-order valence-corrected chi connectivity index (χ0v) is 17.6. The molecule has 152 valence electrons. The Morgan fingerprint density at radius 1 is 1.17 bits per heavy atom. The minimum atomic E-state index is -0.158. The van der Waals surface area contributed by atoms with E-state index in [0.29, 0.717) is 5.82 Å². The van der Waals surface area contributed by atoms with Crippen molar-refractivity contribution in [3.05, 3.63) is 93.8 Å². The molecule has 0 aromatic carbocycles. The third kappa shape index (κ3) is 3.81. The average molecular weight is 399 g/mol. The molecular weight excluding hydrogens is 374 g/mol. The summed E-state index contributed by atoms with van der Waals surface area (Å²) >= 11 is 0. The maximum absolute atomic E-state index is 11.6. The van der Waals surface area contributed by atoms with Crippen LogP contribution in [0.5, 0.6) is 0 Å². The van der Waals surface area contributed by atoms with E-state index in [1.54, 1.807) is 0 Å². The molecule has 1 aliphatic heterocycles. The van der Waals surface area contributed by atoms with E-state index in [2.05, 4.69) is 38.6 Å². The average Bonchev–Trinajstić information content (AvgIpc) is 2.77. The number of aromatic nitrogens is 4. The fraction of sp³-hybridized carbons (Fsp3) is 0.250. The molecule has 4 heterocycles. The van der Waals surface area contributed by atoms with Crippen LogP contribution >= 0.6 is 0 Å². The summed E-state index contributed by atoms with van der Waals surface area (Å²) in [5.41, 5.74) is 8.24. The molecule has 0 spiro atoms. The first-order chi connectivity index (χ1) is 14.4. The number of aromatic amines is 1. The van der Waals surface area contributed by atoms with E-state index in [4.69, 9.17) is 4.98 Å². The predicted molar refractivity (Wildman–Crippen MR) is 119 cm³/mol. The van der Waals surface area contributed by atoms with Gasteiger partial charge in [-0.15, -0.1) is 0 Å². The summed E-state index contributed by atoms with van der Waals surface area (Å²) in [7, 11) is 0. The summed E-state index contributed by atoms with van der Waals surface area (Å²) in [6.07, 6.45) is 6.15. The molecule has 0 bridgehead atoms. The van der Waals surface area contributed by atoms with Gasteiger partial charge in [-0.3, -0.25) is 14.8 Å². The lowest BCUT2D eigenvalue weighted by atomic mass is 9.98. The largest absolute Gasteiger partial charge is 0.367 e. The van der Waals surface area contributed by atoms with Crippen LogP contribution in [-0.4, -0.2) is 31.4 Å². The van der Waals surface area contributed by atoms with Crippen LogP contribution in [0.1, 0.15) is 36.6 Å². The molecule has 0 atom stereocenters. The lowest BCUT2D eigenvalue weighted by molar-refractivity contribution is 0.326. The molecule has 0 amide bonds. The van der Waals surface area contributed by atoms with E-state index < -0.39 is 0 Å². The summed E-state index contributed by atoms with van der Waals surface area (Å²) < 4.78 is 0. The Morgan fingerprint density at radius 3 is 2.77 bits per heavy atom. The van der Waals surface area contributed by atoms with Crippen LogP contribution in [0.3, 0.4) is 0 Å². The van der Waals surface area contributed by atoms with Crippen LogP contribution in [0, 0.1) is 6.92 Å². The highest BCUT2D eigenvalue weighted by molar-refractivity contribution is 5.66. The second-order valence-corrected chi connectivity index (χ2v) is 7.62. The maximum atomic E-state index is 11.6. The Balaban J connectivity index is 1.61. The normalized spacial score (nSPS) is 14.2. The second kappa shape index (κ2) is 8.06. The van der Waals surface area contributed by atoms with Gasteiger partial charge in [-0.25, -0.2) is 4.98 Å². The fourth-order valence-corrected chi connectivity index (χ4v) is 3.79. The molecule has 0 unspecified atom stereocenters. The number of rotatable bonds is 4. The Bertz CT molecular complexity index is 1210. The van der Waals surface area contributed by atoms with Crippen molar-refractivity contribution in [1.29, 1.82) is 0 Å². The van der Waals surface area contributed by atoms with Gasteiger partial charge in [0.05, 0.1) is 0 Å². The van der Waals surface area contributed by atoms with E-state index in [1.165, 1.54) is 17.8 Å².